The van der Waals surface area contributed by atoms with Crippen molar-refractivity contribution in [3.63, 3.8) is 0 Å². The van der Waals surface area contributed by atoms with Crippen LogP contribution in [0, 0.1) is 17.8 Å². The summed E-state index contributed by atoms with van der Waals surface area (Å²) in [6.45, 7) is 3.74. The van der Waals surface area contributed by atoms with Crippen LogP contribution in [0.3, 0.4) is 0 Å². The molecule has 27 heavy (non-hydrogen) atoms. The summed E-state index contributed by atoms with van der Waals surface area (Å²) in [6.07, 6.45) is 7.98. The molecule has 4 fully saturated rings. The maximum Gasteiger partial charge on any atom is 0.248 e. The number of aliphatic imine (C=N–C) groups is 1. The van der Waals surface area contributed by atoms with Gasteiger partial charge in [-0.25, -0.2) is 0 Å². The molecule has 0 aromatic carbocycles. The average Bonchev–Trinajstić information content (AvgIpc) is 3.31. The Hall–Kier alpha value is -1.08. The number of rotatable bonds is 5. The molecule has 4 rings (SSSR count). The molecule has 0 aromatic rings. The molecule has 2 saturated carbocycles. The number of carbonyl (C=O) groups is 2. The Kier molecular flexibility index (Phi) is 5.52. The number of thioether (sulfide) groups is 1. The predicted octanol–water partition coefficient (Wildman–Crippen LogP) is 2.43. The fourth-order valence-electron chi connectivity index (χ4n) is 5.38. The van der Waals surface area contributed by atoms with E-state index in [0.717, 1.165) is 49.4 Å². The highest BCUT2D eigenvalue weighted by atomic mass is 32.2. The Labute approximate surface area is 165 Å². The quantitative estimate of drug-likeness (QED) is 0.779. The zero-order valence-corrected chi connectivity index (χ0v) is 17.2. The van der Waals surface area contributed by atoms with Gasteiger partial charge in [0, 0.05) is 20.2 Å². The third-order valence-corrected chi connectivity index (χ3v) is 8.12. The van der Waals surface area contributed by atoms with Crippen LogP contribution in [0.15, 0.2) is 4.99 Å². The highest BCUT2D eigenvalue weighted by Crippen LogP contribution is 2.47. The maximum atomic E-state index is 12.7. The molecule has 2 saturated heterocycles. The molecule has 2 amide bonds. The first-order valence-corrected chi connectivity index (χ1v) is 11.1. The lowest BCUT2D eigenvalue weighted by Gasteiger charge is -2.34. The van der Waals surface area contributed by atoms with Gasteiger partial charge in [-0.2, -0.15) is 0 Å². The minimum Gasteiger partial charge on any atom is -0.375 e. The van der Waals surface area contributed by atoms with Gasteiger partial charge >= 0.3 is 0 Å². The first kappa shape index (κ1) is 19.2. The van der Waals surface area contributed by atoms with E-state index in [9.17, 15) is 9.59 Å². The van der Waals surface area contributed by atoms with E-state index in [2.05, 4.69) is 12.2 Å². The van der Waals surface area contributed by atoms with Crippen LogP contribution < -0.4 is 5.32 Å². The smallest absolute Gasteiger partial charge is 0.248 e. The van der Waals surface area contributed by atoms with Crippen molar-refractivity contribution < 1.29 is 14.3 Å². The molecule has 2 aliphatic carbocycles. The van der Waals surface area contributed by atoms with Crippen molar-refractivity contribution in [2.75, 3.05) is 26.8 Å². The molecule has 4 aliphatic rings. The van der Waals surface area contributed by atoms with E-state index in [0.29, 0.717) is 12.0 Å². The summed E-state index contributed by atoms with van der Waals surface area (Å²) >= 11 is 1.63. The van der Waals surface area contributed by atoms with Gasteiger partial charge in [-0.3, -0.25) is 14.6 Å². The molecule has 6 nitrogen and oxygen atoms in total. The molecule has 150 valence electrons. The molecule has 0 spiro atoms. The number of likely N-dealkylation sites (tertiary alicyclic amines) is 1. The Balaban J connectivity index is 1.31. The van der Waals surface area contributed by atoms with Crippen molar-refractivity contribution in [1.29, 1.82) is 0 Å². The van der Waals surface area contributed by atoms with Crippen molar-refractivity contribution in [3.8, 4) is 0 Å². The van der Waals surface area contributed by atoms with Crippen molar-refractivity contribution in [2.24, 2.45) is 22.7 Å². The number of ether oxygens (including phenoxy) is 1. The summed E-state index contributed by atoms with van der Waals surface area (Å²) in [7, 11) is 1.55. The van der Waals surface area contributed by atoms with Crippen LogP contribution >= 0.6 is 11.8 Å². The second-order valence-electron chi connectivity index (χ2n) is 8.92. The Morgan fingerprint density at radius 1 is 1.30 bits per heavy atom. The van der Waals surface area contributed by atoms with Crippen LogP contribution in [0.4, 0.5) is 0 Å². The summed E-state index contributed by atoms with van der Waals surface area (Å²) in [5, 5.41) is 3.90. The molecular formula is C20H31N3O3S. The zero-order chi connectivity index (χ0) is 19.0. The minimum atomic E-state index is -0.431. The molecule has 2 aliphatic heterocycles. The topological polar surface area (TPSA) is 71.0 Å². The number of amidine groups is 1. The number of piperidine rings is 1. The van der Waals surface area contributed by atoms with E-state index >= 15 is 0 Å². The van der Waals surface area contributed by atoms with Gasteiger partial charge < -0.3 is 15.0 Å². The number of hydrogen-bond acceptors (Lipinski definition) is 5. The van der Waals surface area contributed by atoms with Gasteiger partial charge in [0.1, 0.15) is 6.61 Å². The predicted molar refractivity (Wildman–Crippen MR) is 107 cm³/mol. The fourth-order valence-corrected chi connectivity index (χ4v) is 6.60. The third-order valence-electron chi connectivity index (χ3n) is 6.92. The van der Waals surface area contributed by atoms with Crippen molar-refractivity contribution >= 4 is 28.7 Å². The van der Waals surface area contributed by atoms with E-state index in [1.54, 1.807) is 18.9 Å². The van der Waals surface area contributed by atoms with Gasteiger partial charge in [-0.05, 0) is 63.2 Å². The van der Waals surface area contributed by atoms with Crippen LogP contribution in [0.5, 0.6) is 0 Å². The van der Waals surface area contributed by atoms with Gasteiger partial charge in [0.05, 0.1) is 10.8 Å². The standard InChI is InChI=1S/C20H31N3O3S/c1-20(11-13-5-7-23(8-6-13)17(24)12-26-2)18(25)22-19(27-20)21-16-10-14-3-4-15(16)9-14/h13-16H,3-12H2,1-2H3,(H,21,22,25). The number of methoxy groups -OCH3 is 1. The molecule has 0 aromatic heterocycles. The van der Waals surface area contributed by atoms with Gasteiger partial charge in [-0.15, -0.1) is 0 Å². The maximum absolute atomic E-state index is 12.7. The summed E-state index contributed by atoms with van der Waals surface area (Å²) in [4.78, 5) is 31.4. The van der Waals surface area contributed by atoms with Crippen LogP contribution in [-0.4, -0.2) is 59.5 Å². The lowest BCUT2D eigenvalue weighted by atomic mass is 9.87. The van der Waals surface area contributed by atoms with Crippen LogP contribution in [-0.2, 0) is 14.3 Å². The summed E-state index contributed by atoms with van der Waals surface area (Å²) in [6, 6.07) is 0.420. The van der Waals surface area contributed by atoms with Crippen molar-refractivity contribution in [1.82, 2.24) is 10.2 Å². The molecule has 4 atom stereocenters. The van der Waals surface area contributed by atoms with Crippen molar-refractivity contribution in [3.05, 3.63) is 0 Å². The highest BCUT2D eigenvalue weighted by molar-refractivity contribution is 8.16. The van der Waals surface area contributed by atoms with Gasteiger partial charge in [0.2, 0.25) is 11.8 Å². The SMILES string of the molecule is COCC(=O)N1CCC(CC2(C)SC(=NC3CC4CCC3C4)NC2=O)CC1. The largest absolute Gasteiger partial charge is 0.375 e. The molecule has 0 radical (unpaired) electrons. The highest BCUT2D eigenvalue weighted by Gasteiger charge is 2.46. The molecule has 4 unspecified atom stereocenters. The van der Waals surface area contributed by atoms with Crippen LogP contribution in [0.25, 0.3) is 0 Å². The summed E-state index contributed by atoms with van der Waals surface area (Å²) in [5.74, 6) is 2.24. The average molecular weight is 394 g/mol. The lowest BCUT2D eigenvalue weighted by molar-refractivity contribution is -0.136. The first-order valence-electron chi connectivity index (χ1n) is 10.3. The zero-order valence-electron chi connectivity index (χ0n) is 16.4. The van der Waals surface area contributed by atoms with Gasteiger partial charge in [0.15, 0.2) is 5.17 Å². The van der Waals surface area contributed by atoms with Crippen molar-refractivity contribution in [2.45, 2.75) is 62.7 Å². The van der Waals surface area contributed by atoms with E-state index in [1.807, 2.05) is 4.90 Å². The minimum absolute atomic E-state index is 0.0652. The molecule has 2 bridgehead atoms. The third kappa shape index (κ3) is 4.04. The molecule has 7 heteroatoms. The van der Waals surface area contributed by atoms with Gasteiger partial charge in [0.25, 0.3) is 0 Å². The van der Waals surface area contributed by atoms with E-state index in [4.69, 9.17) is 9.73 Å². The van der Waals surface area contributed by atoms with Crippen LogP contribution in [0.2, 0.25) is 0 Å². The Morgan fingerprint density at radius 3 is 2.70 bits per heavy atom. The van der Waals surface area contributed by atoms with E-state index in [1.165, 1.54) is 25.7 Å². The normalized spacial score (nSPS) is 38.0. The Morgan fingerprint density at radius 2 is 2.07 bits per heavy atom. The number of nitrogens with one attached hydrogen (secondary N) is 1. The first-order chi connectivity index (χ1) is 13.0. The summed E-state index contributed by atoms with van der Waals surface area (Å²) in [5.41, 5.74) is 0. The number of fused-ring (bicyclic) bond motifs is 2. The monoisotopic (exact) mass is 393 g/mol. The molecule has 1 N–H and O–H groups in total. The lowest BCUT2D eigenvalue weighted by Crippen LogP contribution is -2.42. The van der Waals surface area contributed by atoms with Crippen LogP contribution in [0.1, 0.15) is 51.9 Å². The fraction of sp³-hybridized carbons (Fsp3) is 0.850. The second-order valence-corrected chi connectivity index (χ2v) is 10.4. The second kappa shape index (κ2) is 7.74. The van der Waals surface area contributed by atoms with Gasteiger partial charge in [-0.1, -0.05) is 18.2 Å². The van der Waals surface area contributed by atoms with E-state index < -0.39 is 4.75 Å². The number of nitrogens with zero attached hydrogens (tertiary/aromatic N) is 2. The Bertz CT molecular complexity index is 632. The molecular weight excluding hydrogens is 362 g/mol. The summed E-state index contributed by atoms with van der Waals surface area (Å²) < 4.78 is 4.51. The number of amides is 2. The van der Waals surface area contributed by atoms with E-state index in [-0.39, 0.29) is 18.4 Å². The number of hydrogen-bond donors (Lipinski definition) is 1. The molecule has 2 heterocycles. The number of carbonyl (C=O) groups excluding carboxylic acids is 2.